The number of hydrogen-bond donors (Lipinski definition) is 1. The zero-order valence-corrected chi connectivity index (χ0v) is 25.5. The third-order valence-corrected chi connectivity index (χ3v) is 6.83. The summed E-state index contributed by atoms with van der Waals surface area (Å²) in [6.45, 7) is 7.82. The average Bonchev–Trinajstić information content (AvgIpc) is 2.99. The maximum Gasteiger partial charge on any atom is 0.418 e. The molecule has 2 heterocycles. The molecule has 9 nitrogen and oxygen atoms in total. The van der Waals surface area contributed by atoms with Gasteiger partial charge in [-0.3, -0.25) is 9.78 Å². The number of alkyl halides is 3. The molecule has 45 heavy (non-hydrogen) atoms. The fourth-order valence-electron chi connectivity index (χ4n) is 4.55. The first-order valence-electron chi connectivity index (χ1n) is 14.1. The van der Waals surface area contributed by atoms with Crippen molar-refractivity contribution in [1.82, 2.24) is 9.88 Å². The molecule has 0 radical (unpaired) electrons. The van der Waals surface area contributed by atoms with Gasteiger partial charge in [-0.15, -0.1) is 0 Å². The molecular formula is C33H33F3N4O5. The van der Waals surface area contributed by atoms with Gasteiger partial charge in [0.15, 0.2) is 0 Å². The number of methoxy groups -OCH3 is 1. The smallest absolute Gasteiger partial charge is 0.418 e. The number of esters is 1. The van der Waals surface area contributed by atoms with Crippen molar-refractivity contribution in [3.63, 3.8) is 0 Å². The van der Waals surface area contributed by atoms with Gasteiger partial charge in [-0.1, -0.05) is 17.9 Å². The first-order valence-corrected chi connectivity index (χ1v) is 14.1. The number of nitrogens with one attached hydrogen (secondary N) is 1. The summed E-state index contributed by atoms with van der Waals surface area (Å²) >= 11 is 0. The molecule has 2 aromatic carbocycles. The quantitative estimate of drug-likeness (QED) is 0.286. The molecular weight excluding hydrogens is 589 g/mol. The van der Waals surface area contributed by atoms with Crippen molar-refractivity contribution in [1.29, 1.82) is 0 Å². The number of carbonyl (C=O) groups is 3. The van der Waals surface area contributed by atoms with Gasteiger partial charge in [0.1, 0.15) is 5.60 Å². The molecule has 1 saturated heterocycles. The minimum atomic E-state index is -4.69. The Labute approximate surface area is 259 Å². The molecule has 1 aromatic heterocycles. The zero-order chi connectivity index (χ0) is 32.9. The van der Waals surface area contributed by atoms with Gasteiger partial charge in [-0.05, 0) is 69.7 Å². The van der Waals surface area contributed by atoms with Crippen molar-refractivity contribution in [2.24, 2.45) is 0 Å². The lowest BCUT2D eigenvalue weighted by molar-refractivity contribution is -0.137. The number of ether oxygens (including phenoxy) is 2. The molecule has 12 heteroatoms. The number of hydrogen-bond acceptors (Lipinski definition) is 7. The number of nitrogens with zero attached hydrogens (tertiary/aromatic N) is 3. The number of rotatable bonds is 4. The molecule has 0 bridgehead atoms. The van der Waals surface area contributed by atoms with E-state index in [0.717, 1.165) is 11.6 Å². The summed E-state index contributed by atoms with van der Waals surface area (Å²) in [6, 6.07) is 9.95. The monoisotopic (exact) mass is 622 g/mol. The lowest BCUT2D eigenvalue weighted by Gasteiger charge is -2.37. The number of amides is 2. The van der Waals surface area contributed by atoms with Gasteiger partial charge in [0.2, 0.25) is 0 Å². The third-order valence-electron chi connectivity index (χ3n) is 6.83. The number of benzene rings is 2. The van der Waals surface area contributed by atoms with Crippen LogP contribution in [0.4, 0.5) is 29.3 Å². The molecule has 3 aromatic rings. The number of anilines is 2. The molecule has 0 saturated carbocycles. The van der Waals surface area contributed by atoms with Crippen LogP contribution in [0.2, 0.25) is 0 Å². The van der Waals surface area contributed by atoms with Gasteiger partial charge in [0.05, 0.1) is 18.2 Å². The van der Waals surface area contributed by atoms with Crippen molar-refractivity contribution < 1.29 is 37.0 Å². The predicted molar refractivity (Wildman–Crippen MR) is 162 cm³/mol. The third kappa shape index (κ3) is 8.53. The maximum atomic E-state index is 14.2. The minimum absolute atomic E-state index is 0.0256. The van der Waals surface area contributed by atoms with Crippen LogP contribution in [-0.2, 0) is 15.7 Å². The number of aryl methyl sites for hydroxylation is 1. The fraction of sp³-hybridized carbons (Fsp3) is 0.333. The second kappa shape index (κ2) is 13.3. The minimum Gasteiger partial charge on any atom is -0.465 e. The van der Waals surface area contributed by atoms with Crippen LogP contribution in [0.25, 0.3) is 0 Å². The lowest BCUT2D eigenvalue weighted by Crippen LogP contribution is -2.50. The van der Waals surface area contributed by atoms with Gasteiger partial charge in [-0.25, -0.2) is 9.59 Å². The summed E-state index contributed by atoms with van der Waals surface area (Å²) in [6.07, 6.45) is -2.36. The molecule has 1 N–H and O–H groups in total. The Kier molecular flexibility index (Phi) is 9.71. The molecule has 4 rings (SSSR count). The Balaban J connectivity index is 1.50. The normalized spacial score (nSPS) is 13.4. The fourth-order valence-corrected chi connectivity index (χ4v) is 4.55. The van der Waals surface area contributed by atoms with Gasteiger partial charge < -0.3 is 24.6 Å². The lowest BCUT2D eigenvalue weighted by atomic mass is 10.0. The molecule has 0 spiro atoms. The SMILES string of the molecule is COC(=O)c1cncc(C#Cc2cc(C(=O)Nc3ccc(N4CCN(C(=O)OC(C)(C)C)CC4)c(C(F)(F)F)c3)ccc2C)c1. The predicted octanol–water partition coefficient (Wildman–Crippen LogP) is 5.90. The van der Waals surface area contributed by atoms with Crippen LogP contribution in [0.5, 0.6) is 0 Å². The second-order valence-electron chi connectivity index (χ2n) is 11.4. The maximum absolute atomic E-state index is 14.2. The summed E-state index contributed by atoms with van der Waals surface area (Å²) < 4.78 is 52.6. The van der Waals surface area contributed by atoms with E-state index in [1.165, 1.54) is 42.6 Å². The van der Waals surface area contributed by atoms with Crippen molar-refractivity contribution in [2.45, 2.75) is 39.5 Å². The number of halogens is 3. The molecule has 2 amide bonds. The molecule has 236 valence electrons. The molecule has 0 aliphatic carbocycles. The van der Waals surface area contributed by atoms with Crippen LogP contribution < -0.4 is 10.2 Å². The Morgan fingerprint density at radius 3 is 2.27 bits per heavy atom. The van der Waals surface area contributed by atoms with Crippen LogP contribution in [0.15, 0.2) is 54.9 Å². The highest BCUT2D eigenvalue weighted by atomic mass is 19.4. The summed E-state index contributed by atoms with van der Waals surface area (Å²) in [5.74, 6) is 4.70. The largest absolute Gasteiger partial charge is 0.465 e. The van der Waals surface area contributed by atoms with Crippen LogP contribution in [-0.4, -0.2) is 66.7 Å². The Hall–Kier alpha value is -5.05. The first-order chi connectivity index (χ1) is 21.1. The van der Waals surface area contributed by atoms with Crippen LogP contribution in [0.1, 0.15) is 63.7 Å². The van der Waals surface area contributed by atoms with Gasteiger partial charge >= 0.3 is 18.2 Å². The molecule has 1 fully saturated rings. The van der Waals surface area contributed by atoms with Crippen molar-refractivity contribution in [3.8, 4) is 11.8 Å². The number of aromatic nitrogens is 1. The Morgan fingerprint density at radius 1 is 0.911 bits per heavy atom. The van der Waals surface area contributed by atoms with E-state index in [1.807, 2.05) is 0 Å². The van der Waals surface area contributed by atoms with Crippen molar-refractivity contribution >= 4 is 29.3 Å². The second-order valence-corrected chi connectivity index (χ2v) is 11.4. The summed E-state index contributed by atoms with van der Waals surface area (Å²) in [5, 5.41) is 2.55. The molecule has 0 unspecified atom stereocenters. The van der Waals surface area contributed by atoms with E-state index >= 15 is 0 Å². The highest BCUT2D eigenvalue weighted by Crippen LogP contribution is 2.39. The summed E-state index contributed by atoms with van der Waals surface area (Å²) in [4.78, 5) is 44.3. The van der Waals surface area contributed by atoms with Crippen molar-refractivity contribution in [2.75, 3.05) is 43.5 Å². The van der Waals surface area contributed by atoms with E-state index in [9.17, 15) is 27.6 Å². The summed E-state index contributed by atoms with van der Waals surface area (Å²) in [5.41, 5.74) is 0.536. The summed E-state index contributed by atoms with van der Waals surface area (Å²) in [7, 11) is 1.26. The number of piperazine rings is 1. The van der Waals surface area contributed by atoms with Gasteiger partial charge in [0.25, 0.3) is 5.91 Å². The van der Waals surface area contributed by atoms with E-state index in [2.05, 4.69) is 22.1 Å². The topological polar surface area (TPSA) is 101 Å². The number of carbonyl (C=O) groups excluding carboxylic acids is 3. The van der Waals surface area contributed by atoms with E-state index in [0.29, 0.717) is 11.1 Å². The van der Waals surface area contributed by atoms with E-state index in [4.69, 9.17) is 9.47 Å². The standard InChI is InChI=1S/C33H33F3N4O5/c1-21-6-8-24(17-23(21)9-7-22-16-25(20-37-19-22)30(42)44-5)29(41)38-26-10-11-28(27(18-26)33(34,35)36)39-12-14-40(15-13-39)31(43)45-32(2,3)4/h6,8,10-11,16-20H,12-15H2,1-5H3,(H,38,41). The van der Waals surface area contributed by atoms with Crippen molar-refractivity contribution in [3.05, 3.63) is 88.2 Å². The van der Waals surface area contributed by atoms with E-state index in [-0.39, 0.29) is 48.7 Å². The molecule has 1 aliphatic rings. The highest BCUT2D eigenvalue weighted by molar-refractivity contribution is 6.04. The van der Waals surface area contributed by atoms with Crippen LogP contribution in [0.3, 0.4) is 0 Å². The zero-order valence-electron chi connectivity index (χ0n) is 25.5. The van der Waals surface area contributed by atoms with E-state index < -0.39 is 35.3 Å². The highest BCUT2D eigenvalue weighted by Gasteiger charge is 2.36. The Morgan fingerprint density at radius 2 is 1.62 bits per heavy atom. The average molecular weight is 623 g/mol. The van der Waals surface area contributed by atoms with Gasteiger partial charge in [-0.2, -0.15) is 13.2 Å². The van der Waals surface area contributed by atoms with Gasteiger partial charge in [0, 0.05) is 66.6 Å². The van der Waals surface area contributed by atoms with Crippen LogP contribution >= 0.6 is 0 Å². The molecule has 1 aliphatic heterocycles. The van der Waals surface area contributed by atoms with E-state index in [1.54, 1.807) is 50.8 Å². The Bertz CT molecular complexity index is 1660. The molecule has 0 atom stereocenters. The first kappa shape index (κ1) is 32.9. The number of pyridine rings is 1. The van der Waals surface area contributed by atoms with Crippen LogP contribution in [0, 0.1) is 18.8 Å².